The van der Waals surface area contributed by atoms with Gasteiger partial charge >= 0.3 is 0 Å². The lowest BCUT2D eigenvalue weighted by Crippen LogP contribution is -2.05. The summed E-state index contributed by atoms with van der Waals surface area (Å²) in [7, 11) is -3.79. The van der Waals surface area contributed by atoms with Crippen molar-refractivity contribution in [1.29, 1.82) is 0 Å². The molecule has 15 heavy (non-hydrogen) atoms. The van der Waals surface area contributed by atoms with Crippen LogP contribution in [0.3, 0.4) is 0 Å². The van der Waals surface area contributed by atoms with E-state index in [1.807, 2.05) is 0 Å². The summed E-state index contributed by atoms with van der Waals surface area (Å²) < 4.78 is 34.4. The number of hydrogen-bond acceptors (Lipinski definition) is 3. The molecule has 0 saturated heterocycles. The van der Waals surface area contributed by atoms with E-state index in [1.54, 1.807) is 0 Å². The van der Waals surface area contributed by atoms with Crippen molar-refractivity contribution in [3.63, 3.8) is 0 Å². The molecule has 91 valence electrons. The molecular weight excluding hydrogens is 216 g/mol. The Labute approximate surface area is 92.8 Å². The van der Waals surface area contributed by atoms with E-state index in [2.05, 4.69) is 6.92 Å². The Kier molecular flexibility index (Phi) is 9.04. The number of hydrogen-bond donors (Lipinski definition) is 1. The maximum atomic E-state index is 10.3. The summed E-state index contributed by atoms with van der Waals surface area (Å²) >= 11 is 0. The SMILES string of the molecule is [CH2]CCCCCOCCCCS(=O)(=O)O. The molecule has 5 heteroatoms. The first kappa shape index (κ1) is 14.9. The molecule has 0 aliphatic heterocycles. The van der Waals surface area contributed by atoms with E-state index in [4.69, 9.17) is 9.29 Å². The molecule has 0 aromatic carbocycles. The molecule has 0 aliphatic carbocycles. The fourth-order valence-corrected chi connectivity index (χ4v) is 1.72. The molecule has 4 nitrogen and oxygen atoms in total. The molecule has 0 aromatic rings. The smallest absolute Gasteiger partial charge is 0.264 e. The second-order valence-corrected chi connectivity index (χ2v) is 5.09. The zero-order valence-corrected chi connectivity index (χ0v) is 9.97. The highest BCUT2D eigenvalue weighted by Crippen LogP contribution is 2.00. The topological polar surface area (TPSA) is 63.6 Å². The lowest BCUT2D eigenvalue weighted by Gasteiger charge is -2.03. The molecule has 0 unspecified atom stereocenters. The Balaban J connectivity index is 3.06. The molecule has 0 atom stereocenters. The number of rotatable bonds is 10. The molecule has 0 aromatic heterocycles. The first-order valence-corrected chi connectivity index (χ1v) is 6.99. The van der Waals surface area contributed by atoms with Gasteiger partial charge in [0.2, 0.25) is 0 Å². The minimum absolute atomic E-state index is 0.169. The Morgan fingerprint density at radius 3 is 2.13 bits per heavy atom. The predicted octanol–water partition coefficient (Wildman–Crippen LogP) is 2.07. The van der Waals surface area contributed by atoms with Crippen molar-refractivity contribution in [2.75, 3.05) is 19.0 Å². The third-order valence-corrected chi connectivity index (χ3v) is 2.78. The van der Waals surface area contributed by atoms with Gasteiger partial charge in [0.25, 0.3) is 10.1 Å². The van der Waals surface area contributed by atoms with Gasteiger partial charge < -0.3 is 4.74 Å². The summed E-state index contributed by atoms with van der Waals surface area (Å²) in [4.78, 5) is 0. The lowest BCUT2D eigenvalue weighted by atomic mass is 10.2. The molecule has 0 fully saturated rings. The molecule has 1 radical (unpaired) electrons. The molecule has 0 amide bonds. The van der Waals surface area contributed by atoms with Gasteiger partial charge in [-0.05, 0) is 19.3 Å². The molecule has 0 bridgehead atoms. The summed E-state index contributed by atoms with van der Waals surface area (Å²) in [6, 6.07) is 0. The molecule has 0 saturated carbocycles. The Bertz CT molecular complexity index is 224. The van der Waals surface area contributed by atoms with E-state index in [0.29, 0.717) is 19.4 Å². The number of ether oxygens (including phenoxy) is 1. The fraction of sp³-hybridized carbons (Fsp3) is 0.900. The van der Waals surface area contributed by atoms with Crippen molar-refractivity contribution in [2.45, 2.75) is 38.5 Å². The van der Waals surface area contributed by atoms with Crippen molar-refractivity contribution in [1.82, 2.24) is 0 Å². The molecular formula is C10H21O4S. The van der Waals surface area contributed by atoms with Crippen molar-refractivity contribution in [3.05, 3.63) is 6.92 Å². The largest absolute Gasteiger partial charge is 0.381 e. The normalized spacial score (nSPS) is 11.9. The second kappa shape index (κ2) is 9.12. The van der Waals surface area contributed by atoms with E-state index in [1.165, 1.54) is 0 Å². The first-order valence-electron chi connectivity index (χ1n) is 5.38. The van der Waals surface area contributed by atoms with E-state index in [-0.39, 0.29) is 5.75 Å². The average Bonchev–Trinajstić information content (AvgIpc) is 2.14. The monoisotopic (exact) mass is 237 g/mol. The van der Waals surface area contributed by atoms with Crippen LogP contribution in [0.2, 0.25) is 0 Å². The van der Waals surface area contributed by atoms with Gasteiger partial charge in [-0.2, -0.15) is 8.42 Å². The van der Waals surface area contributed by atoms with E-state index in [0.717, 1.165) is 32.3 Å². The maximum absolute atomic E-state index is 10.3. The highest BCUT2D eigenvalue weighted by molar-refractivity contribution is 7.85. The van der Waals surface area contributed by atoms with Crippen LogP contribution in [-0.2, 0) is 14.9 Å². The third kappa shape index (κ3) is 13.9. The van der Waals surface area contributed by atoms with Gasteiger partial charge in [0.05, 0.1) is 5.75 Å². The molecule has 0 spiro atoms. The zero-order chi connectivity index (χ0) is 11.6. The summed E-state index contributed by atoms with van der Waals surface area (Å²) in [5.74, 6) is -0.169. The summed E-state index contributed by atoms with van der Waals surface area (Å²) in [6.07, 6.45) is 5.40. The lowest BCUT2D eigenvalue weighted by molar-refractivity contribution is 0.127. The van der Waals surface area contributed by atoms with Gasteiger partial charge in [-0.15, -0.1) is 0 Å². The molecule has 0 aliphatic rings. The van der Waals surface area contributed by atoms with E-state index >= 15 is 0 Å². The van der Waals surface area contributed by atoms with Crippen molar-refractivity contribution >= 4 is 10.1 Å². The quantitative estimate of drug-likeness (QED) is 0.466. The van der Waals surface area contributed by atoms with E-state index in [9.17, 15) is 8.42 Å². The Hall–Kier alpha value is -0.130. The zero-order valence-electron chi connectivity index (χ0n) is 9.15. The van der Waals surface area contributed by atoms with Gasteiger partial charge in [-0.1, -0.05) is 26.2 Å². The van der Waals surface area contributed by atoms with Crippen LogP contribution in [0.5, 0.6) is 0 Å². The van der Waals surface area contributed by atoms with Crippen LogP contribution in [0.1, 0.15) is 38.5 Å². The Morgan fingerprint density at radius 2 is 1.60 bits per heavy atom. The van der Waals surface area contributed by atoms with Crippen molar-refractivity contribution in [2.24, 2.45) is 0 Å². The van der Waals surface area contributed by atoms with Crippen LogP contribution in [0, 0.1) is 6.92 Å². The van der Waals surface area contributed by atoms with Gasteiger partial charge in [0, 0.05) is 13.2 Å². The summed E-state index contributed by atoms with van der Waals surface area (Å²) in [6.45, 7) is 5.04. The minimum Gasteiger partial charge on any atom is -0.381 e. The standard InChI is InChI=1S/C10H21O4S/c1-2-3-4-5-8-14-9-6-7-10-15(11,12)13/h1-10H2,(H,11,12,13). The highest BCUT2D eigenvalue weighted by atomic mass is 32.2. The van der Waals surface area contributed by atoms with Crippen LogP contribution in [-0.4, -0.2) is 31.9 Å². The van der Waals surface area contributed by atoms with Crippen LogP contribution in [0.15, 0.2) is 0 Å². The van der Waals surface area contributed by atoms with Gasteiger partial charge in [0.1, 0.15) is 0 Å². The molecule has 0 heterocycles. The predicted molar refractivity (Wildman–Crippen MR) is 60.3 cm³/mol. The van der Waals surface area contributed by atoms with Crippen LogP contribution in [0.4, 0.5) is 0 Å². The van der Waals surface area contributed by atoms with Crippen molar-refractivity contribution in [3.8, 4) is 0 Å². The van der Waals surface area contributed by atoms with Gasteiger partial charge in [-0.25, -0.2) is 0 Å². The fourth-order valence-electron chi connectivity index (χ4n) is 1.15. The van der Waals surface area contributed by atoms with Crippen LogP contribution in [0.25, 0.3) is 0 Å². The van der Waals surface area contributed by atoms with Crippen molar-refractivity contribution < 1.29 is 17.7 Å². The van der Waals surface area contributed by atoms with Crippen LogP contribution < -0.4 is 0 Å². The van der Waals surface area contributed by atoms with Gasteiger partial charge in [-0.3, -0.25) is 4.55 Å². The van der Waals surface area contributed by atoms with E-state index < -0.39 is 10.1 Å². The minimum atomic E-state index is -3.79. The number of unbranched alkanes of at least 4 members (excludes halogenated alkanes) is 4. The third-order valence-electron chi connectivity index (χ3n) is 1.98. The highest BCUT2D eigenvalue weighted by Gasteiger charge is 2.02. The first-order chi connectivity index (χ1) is 7.06. The second-order valence-electron chi connectivity index (χ2n) is 3.52. The maximum Gasteiger partial charge on any atom is 0.264 e. The Morgan fingerprint density at radius 1 is 1.00 bits per heavy atom. The summed E-state index contributed by atoms with van der Waals surface area (Å²) in [5.41, 5.74) is 0. The average molecular weight is 237 g/mol. The molecule has 0 rings (SSSR count). The van der Waals surface area contributed by atoms with Gasteiger partial charge in [0.15, 0.2) is 0 Å². The summed E-state index contributed by atoms with van der Waals surface area (Å²) in [5, 5.41) is 0. The molecule has 1 N–H and O–H groups in total. The van der Waals surface area contributed by atoms with Crippen LogP contribution >= 0.6 is 0 Å².